The van der Waals surface area contributed by atoms with E-state index in [9.17, 15) is 4.79 Å². The Morgan fingerprint density at radius 2 is 1.71 bits per heavy atom. The molecule has 0 radical (unpaired) electrons. The van der Waals surface area contributed by atoms with Crippen LogP contribution in [0.25, 0.3) is 0 Å². The lowest BCUT2D eigenvalue weighted by atomic mass is 10.00. The Hall–Kier alpha value is -2.29. The Kier molecular flexibility index (Phi) is 8.34. The summed E-state index contributed by atoms with van der Waals surface area (Å²) in [4.78, 5) is 12.5. The zero-order valence-corrected chi connectivity index (χ0v) is 20.1. The number of hydrogen-bond acceptors (Lipinski definition) is 7. The molecule has 0 unspecified atom stereocenters. The van der Waals surface area contributed by atoms with Gasteiger partial charge in [0.15, 0.2) is 12.1 Å². The lowest BCUT2D eigenvalue weighted by Crippen LogP contribution is -2.50. The Morgan fingerprint density at radius 1 is 1.03 bits per heavy atom. The van der Waals surface area contributed by atoms with Crippen molar-refractivity contribution in [2.24, 2.45) is 0 Å². The average molecular weight is 470 g/mol. The van der Waals surface area contributed by atoms with Crippen LogP contribution in [0.2, 0.25) is 0 Å². The van der Waals surface area contributed by atoms with Crippen molar-refractivity contribution in [3.8, 4) is 0 Å². The predicted octanol–water partition coefficient (Wildman–Crippen LogP) is 3.60. The van der Waals surface area contributed by atoms with Gasteiger partial charge in [-0.15, -0.1) is 0 Å². The van der Waals surface area contributed by atoms with Crippen molar-refractivity contribution in [3.63, 3.8) is 0 Å². The van der Waals surface area contributed by atoms with E-state index in [-0.39, 0.29) is 24.5 Å². The molecule has 2 aliphatic heterocycles. The van der Waals surface area contributed by atoms with E-state index in [2.05, 4.69) is 17.4 Å². The Morgan fingerprint density at radius 3 is 2.38 bits per heavy atom. The highest BCUT2D eigenvalue weighted by molar-refractivity contribution is 5.70. The second kappa shape index (κ2) is 11.4. The molecule has 2 aromatic rings. The largest absolute Gasteiger partial charge is 0.466 e. The van der Waals surface area contributed by atoms with Crippen LogP contribution in [0.4, 0.5) is 0 Å². The van der Waals surface area contributed by atoms with Crippen molar-refractivity contribution >= 4 is 5.97 Å². The summed E-state index contributed by atoms with van der Waals surface area (Å²) in [6.07, 6.45) is -0.784. The molecular formula is C27H35NO6. The number of rotatable bonds is 11. The highest BCUT2D eigenvalue weighted by Crippen LogP contribution is 2.40. The van der Waals surface area contributed by atoms with Gasteiger partial charge in [-0.3, -0.25) is 4.79 Å². The summed E-state index contributed by atoms with van der Waals surface area (Å²) in [7, 11) is 0. The number of hydrogen-bond donors (Lipinski definition) is 1. The van der Waals surface area contributed by atoms with Crippen LogP contribution < -0.4 is 5.32 Å². The van der Waals surface area contributed by atoms with Crippen LogP contribution in [-0.4, -0.2) is 55.6 Å². The highest BCUT2D eigenvalue weighted by Gasteiger charge is 2.57. The monoisotopic (exact) mass is 469 g/mol. The number of nitrogens with one attached hydrogen (secondary N) is 1. The second-order valence-corrected chi connectivity index (χ2v) is 9.14. The Balaban J connectivity index is 1.49. The minimum absolute atomic E-state index is 0.168. The van der Waals surface area contributed by atoms with E-state index in [1.165, 1.54) is 5.56 Å². The summed E-state index contributed by atoms with van der Waals surface area (Å²) in [5, 5.41) is 3.52. The maximum atomic E-state index is 12.5. The molecule has 0 saturated carbocycles. The van der Waals surface area contributed by atoms with Gasteiger partial charge in [-0.1, -0.05) is 60.7 Å². The topological polar surface area (TPSA) is 75.3 Å². The molecule has 0 aliphatic carbocycles. The van der Waals surface area contributed by atoms with Crippen molar-refractivity contribution in [2.75, 3.05) is 13.2 Å². The maximum Gasteiger partial charge on any atom is 0.307 e. The van der Waals surface area contributed by atoms with Crippen molar-refractivity contribution in [1.82, 2.24) is 5.32 Å². The van der Waals surface area contributed by atoms with Crippen molar-refractivity contribution in [2.45, 2.75) is 76.7 Å². The Bertz CT molecular complexity index is 906. The molecule has 7 heteroatoms. The van der Waals surface area contributed by atoms with Crippen LogP contribution in [0.5, 0.6) is 0 Å². The quantitative estimate of drug-likeness (QED) is 0.504. The van der Waals surface area contributed by atoms with Crippen LogP contribution in [0.3, 0.4) is 0 Å². The van der Waals surface area contributed by atoms with Gasteiger partial charge in [-0.25, -0.2) is 0 Å². The molecule has 0 aromatic heterocycles. The van der Waals surface area contributed by atoms with Gasteiger partial charge in [0.2, 0.25) is 0 Å². The lowest BCUT2D eigenvalue weighted by Gasteiger charge is -2.31. The number of fused-ring (bicyclic) bond motifs is 1. The predicted molar refractivity (Wildman–Crippen MR) is 127 cm³/mol. The van der Waals surface area contributed by atoms with Gasteiger partial charge in [0.1, 0.15) is 18.3 Å². The smallest absolute Gasteiger partial charge is 0.307 e. The fraction of sp³-hybridized carbons (Fsp3) is 0.519. The average Bonchev–Trinajstić information content (AvgIpc) is 3.30. The molecule has 34 heavy (non-hydrogen) atoms. The lowest BCUT2D eigenvalue weighted by molar-refractivity contribution is -0.223. The Labute approximate surface area is 201 Å². The third-order valence-electron chi connectivity index (χ3n) is 6.06. The third-order valence-corrected chi connectivity index (χ3v) is 6.06. The summed E-state index contributed by atoms with van der Waals surface area (Å²) in [5.41, 5.74) is 2.28. The van der Waals surface area contributed by atoms with Crippen molar-refractivity contribution < 1.29 is 28.5 Å². The molecule has 1 N–H and O–H groups in total. The third kappa shape index (κ3) is 6.43. The first-order valence-corrected chi connectivity index (χ1v) is 12.0. The molecule has 7 nitrogen and oxygen atoms in total. The first-order valence-electron chi connectivity index (χ1n) is 12.0. The van der Waals surface area contributed by atoms with Gasteiger partial charge >= 0.3 is 5.97 Å². The van der Waals surface area contributed by atoms with Crippen LogP contribution in [0.1, 0.15) is 38.3 Å². The minimum Gasteiger partial charge on any atom is -0.466 e. The van der Waals surface area contributed by atoms with Gasteiger partial charge in [0, 0.05) is 6.04 Å². The van der Waals surface area contributed by atoms with E-state index >= 15 is 0 Å². The highest BCUT2D eigenvalue weighted by atomic mass is 16.8. The van der Waals surface area contributed by atoms with E-state index in [0.29, 0.717) is 19.8 Å². The van der Waals surface area contributed by atoms with Crippen molar-refractivity contribution in [3.05, 3.63) is 71.8 Å². The minimum atomic E-state index is -0.758. The number of benzene rings is 2. The van der Waals surface area contributed by atoms with Crippen LogP contribution in [-0.2, 0) is 41.5 Å². The molecule has 0 bridgehead atoms. The molecule has 4 rings (SSSR count). The molecule has 2 saturated heterocycles. The van der Waals surface area contributed by atoms with Gasteiger partial charge in [-0.05, 0) is 44.9 Å². The second-order valence-electron chi connectivity index (χ2n) is 9.14. The summed E-state index contributed by atoms with van der Waals surface area (Å²) >= 11 is 0. The standard InChI is InChI=1S/C27H35NO6/c1-4-30-22(29)17-21(28-16-15-19-11-7-5-8-12-19)23-24(31-18-20-13-9-6-10-14-20)25-26(32-23)34-27(2,3)33-25/h5-14,21,23-26,28H,4,15-18H2,1-3H3/t21-,23+,24-,25+,26+/m0/s1. The number of carbonyl (C=O) groups excluding carboxylic acids is 1. The molecule has 2 heterocycles. The van der Waals surface area contributed by atoms with Crippen LogP contribution in [0, 0.1) is 0 Å². The van der Waals surface area contributed by atoms with Gasteiger partial charge in [-0.2, -0.15) is 0 Å². The molecule has 184 valence electrons. The first-order chi connectivity index (χ1) is 16.4. The summed E-state index contributed by atoms with van der Waals surface area (Å²) < 4.78 is 30.1. The van der Waals surface area contributed by atoms with E-state index < -0.39 is 24.3 Å². The van der Waals surface area contributed by atoms with E-state index in [4.69, 9.17) is 23.7 Å². The van der Waals surface area contributed by atoms with E-state index in [0.717, 1.165) is 12.0 Å². The SMILES string of the molecule is CCOC(=O)C[C@H](NCCc1ccccc1)[C@H]1O[C@@H]2OC(C)(C)O[C@@H]2[C@H]1OCc1ccccc1. The van der Waals surface area contributed by atoms with Crippen LogP contribution >= 0.6 is 0 Å². The molecule has 2 aromatic carbocycles. The molecule has 2 aliphatic rings. The van der Waals surface area contributed by atoms with Crippen LogP contribution in [0.15, 0.2) is 60.7 Å². The van der Waals surface area contributed by atoms with E-state index in [1.807, 2.05) is 69.3 Å². The zero-order valence-electron chi connectivity index (χ0n) is 20.1. The number of ether oxygens (including phenoxy) is 5. The van der Waals surface area contributed by atoms with Gasteiger partial charge < -0.3 is 29.0 Å². The van der Waals surface area contributed by atoms with Crippen molar-refractivity contribution in [1.29, 1.82) is 0 Å². The zero-order chi connectivity index (χ0) is 24.0. The molecule has 5 atom stereocenters. The summed E-state index contributed by atoms with van der Waals surface area (Å²) in [5.74, 6) is -1.03. The van der Waals surface area contributed by atoms with E-state index in [1.54, 1.807) is 0 Å². The maximum absolute atomic E-state index is 12.5. The molecule has 2 fully saturated rings. The number of esters is 1. The molecular weight excluding hydrogens is 434 g/mol. The fourth-order valence-electron chi connectivity index (χ4n) is 4.53. The number of carbonyl (C=O) groups is 1. The van der Waals surface area contributed by atoms with Gasteiger partial charge in [0.25, 0.3) is 0 Å². The molecule has 0 amide bonds. The van der Waals surface area contributed by atoms with Gasteiger partial charge in [0.05, 0.1) is 19.6 Å². The summed E-state index contributed by atoms with van der Waals surface area (Å²) in [6.45, 7) is 6.97. The molecule has 0 spiro atoms. The fourth-order valence-corrected chi connectivity index (χ4v) is 4.53. The normalized spacial score (nSPS) is 26.2. The summed E-state index contributed by atoms with van der Waals surface area (Å²) in [6, 6.07) is 19.9. The first kappa shape index (κ1) is 24.8.